The molecule has 1 fully saturated rings. The maximum atomic E-state index is 10.9. The first kappa shape index (κ1) is 11.2. The molecule has 1 aliphatic heterocycles. The van der Waals surface area contributed by atoms with Crippen molar-refractivity contribution in [2.75, 3.05) is 13.1 Å². The van der Waals surface area contributed by atoms with Crippen molar-refractivity contribution in [2.24, 2.45) is 5.92 Å². The summed E-state index contributed by atoms with van der Waals surface area (Å²) < 4.78 is 1.98. The maximum Gasteiger partial charge on any atom is 0.335 e. The predicted molar refractivity (Wildman–Crippen MR) is 66.8 cm³/mol. The minimum Gasteiger partial charge on any atom is -0.478 e. The van der Waals surface area contributed by atoms with Crippen LogP contribution >= 0.6 is 0 Å². The molecule has 1 atom stereocenters. The van der Waals surface area contributed by atoms with Crippen molar-refractivity contribution in [1.82, 2.24) is 14.7 Å². The Hall–Kier alpha value is -1.88. The highest BCUT2D eigenvalue weighted by Gasteiger charge is 2.17. The van der Waals surface area contributed by atoms with Crippen molar-refractivity contribution in [3.05, 3.63) is 35.9 Å². The predicted octanol–water partition coefficient (Wildman–Crippen LogP) is 1.18. The zero-order valence-corrected chi connectivity index (χ0v) is 9.97. The van der Waals surface area contributed by atoms with Gasteiger partial charge in [0.15, 0.2) is 0 Å². The molecule has 2 aromatic rings. The number of aromatic carboxylic acids is 1. The Morgan fingerprint density at radius 2 is 2.50 bits per heavy atom. The second-order valence-electron chi connectivity index (χ2n) is 4.75. The molecule has 1 aliphatic rings. The monoisotopic (exact) mass is 245 g/mol. The number of fused-ring (bicyclic) bond motifs is 1. The molecular formula is C13H15N3O2. The van der Waals surface area contributed by atoms with Crippen molar-refractivity contribution in [3.8, 4) is 0 Å². The number of hydrogen-bond acceptors (Lipinski definition) is 3. The van der Waals surface area contributed by atoms with Gasteiger partial charge in [0.1, 0.15) is 5.82 Å². The van der Waals surface area contributed by atoms with E-state index in [0.29, 0.717) is 11.5 Å². The molecule has 5 nitrogen and oxygen atoms in total. The number of rotatable bonds is 3. The van der Waals surface area contributed by atoms with E-state index in [-0.39, 0.29) is 0 Å². The third-order valence-electron chi connectivity index (χ3n) is 3.49. The van der Waals surface area contributed by atoms with Gasteiger partial charge in [-0.25, -0.2) is 9.78 Å². The number of imidazole rings is 1. The number of pyridine rings is 1. The molecule has 1 saturated heterocycles. The lowest BCUT2D eigenvalue weighted by molar-refractivity contribution is 0.0697. The molecule has 0 bridgehead atoms. The van der Waals surface area contributed by atoms with Gasteiger partial charge in [0.25, 0.3) is 0 Å². The molecule has 1 unspecified atom stereocenters. The van der Waals surface area contributed by atoms with Crippen molar-refractivity contribution in [2.45, 2.75) is 12.8 Å². The van der Waals surface area contributed by atoms with Crippen LogP contribution in [-0.4, -0.2) is 33.6 Å². The summed E-state index contributed by atoms with van der Waals surface area (Å²) in [6.45, 7) is 2.12. The molecule has 2 aromatic heterocycles. The molecule has 18 heavy (non-hydrogen) atoms. The summed E-state index contributed by atoms with van der Waals surface area (Å²) in [5.41, 5.74) is 1.15. The second kappa shape index (κ2) is 4.42. The minimum atomic E-state index is -0.903. The minimum absolute atomic E-state index is 0.302. The van der Waals surface area contributed by atoms with Crippen LogP contribution in [0.15, 0.2) is 24.5 Å². The summed E-state index contributed by atoms with van der Waals surface area (Å²) in [7, 11) is 0. The summed E-state index contributed by atoms with van der Waals surface area (Å²) in [6.07, 6.45) is 5.66. The summed E-state index contributed by atoms with van der Waals surface area (Å²) in [5, 5.41) is 12.3. The number of hydrogen-bond donors (Lipinski definition) is 2. The molecular weight excluding hydrogens is 230 g/mol. The van der Waals surface area contributed by atoms with Crippen LogP contribution in [0.3, 0.4) is 0 Å². The molecule has 0 radical (unpaired) electrons. The van der Waals surface area contributed by atoms with Gasteiger partial charge >= 0.3 is 5.97 Å². The van der Waals surface area contributed by atoms with Crippen LogP contribution in [0, 0.1) is 5.92 Å². The summed E-state index contributed by atoms with van der Waals surface area (Å²) >= 11 is 0. The van der Waals surface area contributed by atoms with E-state index in [0.717, 1.165) is 30.9 Å². The number of carboxylic acids is 1. The van der Waals surface area contributed by atoms with Crippen molar-refractivity contribution < 1.29 is 9.90 Å². The van der Waals surface area contributed by atoms with Crippen LogP contribution in [0.1, 0.15) is 22.6 Å². The third kappa shape index (κ3) is 1.97. The van der Waals surface area contributed by atoms with E-state index in [4.69, 9.17) is 5.11 Å². The Morgan fingerprint density at radius 1 is 1.61 bits per heavy atom. The van der Waals surface area contributed by atoms with Gasteiger partial charge in [0, 0.05) is 12.6 Å². The maximum absolute atomic E-state index is 10.9. The van der Waals surface area contributed by atoms with Gasteiger partial charge in [-0.15, -0.1) is 0 Å². The van der Waals surface area contributed by atoms with E-state index < -0.39 is 5.97 Å². The highest BCUT2D eigenvalue weighted by molar-refractivity contribution is 5.88. The van der Waals surface area contributed by atoms with Gasteiger partial charge < -0.3 is 14.8 Å². The Morgan fingerprint density at radius 3 is 3.22 bits per heavy atom. The molecule has 5 heteroatoms. The highest BCUT2D eigenvalue weighted by Crippen LogP contribution is 2.16. The number of nitrogens with one attached hydrogen (secondary N) is 1. The van der Waals surface area contributed by atoms with Gasteiger partial charge in [0.2, 0.25) is 0 Å². The number of aromatic nitrogens is 2. The van der Waals surface area contributed by atoms with Gasteiger partial charge in [-0.1, -0.05) is 0 Å². The average molecular weight is 245 g/mol. The van der Waals surface area contributed by atoms with Crippen LogP contribution in [0.2, 0.25) is 0 Å². The van der Waals surface area contributed by atoms with Gasteiger partial charge in [-0.3, -0.25) is 0 Å². The lowest BCUT2D eigenvalue weighted by atomic mass is 10.0. The van der Waals surface area contributed by atoms with Crippen LogP contribution in [0.5, 0.6) is 0 Å². The molecule has 3 rings (SSSR count). The van der Waals surface area contributed by atoms with E-state index in [1.165, 1.54) is 6.42 Å². The lowest BCUT2D eigenvalue weighted by Gasteiger charge is -2.07. The average Bonchev–Trinajstić information content (AvgIpc) is 2.99. The zero-order chi connectivity index (χ0) is 12.5. The molecule has 0 saturated carbocycles. The molecule has 0 aliphatic carbocycles. The molecule has 3 heterocycles. The number of carbonyl (C=O) groups is 1. The standard InChI is InChI=1S/C13H15N3O2/c17-13(18)10-2-4-16-11(6-10)8-15-12(16)5-9-1-3-14-7-9/h2,4,6,8-9,14H,1,3,5,7H2,(H,17,18). The fourth-order valence-corrected chi connectivity index (χ4v) is 2.49. The van der Waals surface area contributed by atoms with E-state index in [9.17, 15) is 4.79 Å². The smallest absolute Gasteiger partial charge is 0.335 e. The van der Waals surface area contributed by atoms with Gasteiger partial charge in [-0.2, -0.15) is 0 Å². The summed E-state index contributed by atoms with van der Waals surface area (Å²) in [6, 6.07) is 3.28. The summed E-state index contributed by atoms with van der Waals surface area (Å²) in [4.78, 5) is 15.3. The van der Waals surface area contributed by atoms with Crippen LogP contribution in [-0.2, 0) is 6.42 Å². The molecule has 0 aromatic carbocycles. The number of carboxylic acid groups (broad SMARTS) is 1. The van der Waals surface area contributed by atoms with Crippen LogP contribution in [0.25, 0.3) is 5.52 Å². The van der Waals surface area contributed by atoms with Gasteiger partial charge in [0.05, 0.1) is 17.3 Å². The highest BCUT2D eigenvalue weighted by atomic mass is 16.4. The van der Waals surface area contributed by atoms with Crippen molar-refractivity contribution >= 4 is 11.5 Å². The van der Waals surface area contributed by atoms with Crippen molar-refractivity contribution in [1.29, 1.82) is 0 Å². The first-order chi connectivity index (χ1) is 8.74. The lowest BCUT2D eigenvalue weighted by Crippen LogP contribution is -2.12. The van der Waals surface area contributed by atoms with E-state index in [1.54, 1.807) is 24.5 Å². The SMILES string of the molecule is O=C(O)c1ccn2c(CC3CCNC3)ncc2c1. The fraction of sp³-hybridized carbons (Fsp3) is 0.385. The quantitative estimate of drug-likeness (QED) is 0.852. The second-order valence-corrected chi connectivity index (χ2v) is 4.75. The van der Waals surface area contributed by atoms with E-state index in [2.05, 4.69) is 10.3 Å². The van der Waals surface area contributed by atoms with Crippen molar-refractivity contribution in [3.63, 3.8) is 0 Å². The van der Waals surface area contributed by atoms with Crippen LogP contribution in [0.4, 0.5) is 0 Å². The van der Waals surface area contributed by atoms with E-state index in [1.807, 2.05) is 4.40 Å². The zero-order valence-electron chi connectivity index (χ0n) is 9.97. The fourth-order valence-electron chi connectivity index (χ4n) is 2.49. The van der Waals surface area contributed by atoms with Crippen LogP contribution < -0.4 is 5.32 Å². The Bertz CT molecular complexity index is 585. The molecule has 94 valence electrons. The first-order valence-electron chi connectivity index (χ1n) is 6.14. The molecule has 0 spiro atoms. The molecule has 2 N–H and O–H groups in total. The molecule has 0 amide bonds. The topological polar surface area (TPSA) is 66.6 Å². The third-order valence-corrected chi connectivity index (χ3v) is 3.49. The Balaban J connectivity index is 1.91. The number of nitrogens with zero attached hydrogens (tertiary/aromatic N) is 2. The normalized spacial score (nSPS) is 19.4. The van der Waals surface area contributed by atoms with E-state index >= 15 is 0 Å². The Labute approximate surface area is 104 Å². The first-order valence-corrected chi connectivity index (χ1v) is 6.14. The van der Waals surface area contributed by atoms with Gasteiger partial charge in [-0.05, 0) is 37.6 Å². The largest absolute Gasteiger partial charge is 0.478 e. The Kier molecular flexibility index (Phi) is 2.76. The summed E-state index contributed by atoms with van der Waals surface area (Å²) in [5.74, 6) is 0.741.